The summed E-state index contributed by atoms with van der Waals surface area (Å²) in [5.74, 6) is 0. The molecule has 0 saturated carbocycles. The summed E-state index contributed by atoms with van der Waals surface area (Å²) in [6.07, 6.45) is 2.76. The molecule has 4 nitrogen and oxygen atoms in total. The second-order valence-corrected chi connectivity index (χ2v) is 5.71. The summed E-state index contributed by atoms with van der Waals surface area (Å²) in [6, 6.07) is 3.29. The molecule has 0 aromatic carbocycles. The topological polar surface area (TPSA) is 59.1 Å². The number of sulfonamides is 1. The molecular formula is C8H11BrN2O2S. The molecule has 0 aliphatic heterocycles. The quantitative estimate of drug-likeness (QED) is 0.911. The second kappa shape index (κ2) is 4.37. The monoisotopic (exact) mass is 278 g/mol. The number of nitrogens with one attached hydrogen (secondary N) is 1. The van der Waals surface area contributed by atoms with E-state index in [9.17, 15) is 8.42 Å². The van der Waals surface area contributed by atoms with Gasteiger partial charge in [-0.05, 0) is 35.0 Å². The van der Waals surface area contributed by atoms with Crippen LogP contribution in [0, 0.1) is 0 Å². The van der Waals surface area contributed by atoms with Gasteiger partial charge >= 0.3 is 0 Å². The van der Waals surface area contributed by atoms with Crippen molar-refractivity contribution in [3.63, 3.8) is 0 Å². The van der Waals surface area contributed by atoms with Crippen LogP contribution in [0.4, 0.5) is 0 Å². The van der Waals surface area contributed by atoms with E-state index in [1.165, 1.54) is 0 Å². The Morgan fingerprint density at radius 2 is 2.14 bits per heavy atom. The van der Waals surface area contributed by atoms with Crippen molar-refractivity contribution in [1.82, 2.24) is 9.71 Å². The van der Waals surface area contributed by atoms with E-state index in [2.05, 4.69) is 25.6 Å². The molecule has 1 heterocycles. The van der Waals surface area contributed by atoms with E-state index in [1.807, 2.05) is 6.07 Å². The Morgan fingerprint density at radius 3 is 2.57 bits per heavy atom. The summed E-state index contributed by atoms with van der Waals surface area (Å²) < 4.78 is 25.2. The van der Waals surface area contributed by atoms with Gasteiger partial charge in [0.2, 0.25) is 10.0 Å². The lowest BCUT2D eigenvalue weighted by Gasteiger charge is -2.10. The minimum Gasteiger partial charge on any atom is -0.258 e. The zero-order valence-electron chi connectivity index (χ0n) is 7.86. The van der Waals surface area contributed by atoms with Crippen molar-refractivity contribution in [3.8, 4) is 0 Å². The lowest BCUT2D eigenvalue weighted by atomic mass is 10.2. The number of hydrogen-bond donors (Lipinski definition) is 1. The molecule has 0 bridgehead atoms. The summed E-state index contributed by atoms with van der Waals surface area (Å²) in [7, 11) is -3.18. The lowest BCUT2D eigenvalue weighted by Crippen LogP contribution is -2.25. The Labute approximate surface area is 91.9 Å². The maximum absolute atomic E-state index is 10.9. The van der Waals surface area contributed by atoms with Crippen LogP contribution in [0.2, 0.25) is 0 Å². The third kappa shape index (κ3) is 3.73. The first-order chi connectivity index (χ1) is 6.38. The zero-order valence-corrected chi connectivity index (χ0v) is 10.3. The first kappa shape index (κ1) is 11.6. The van der Waals surface area contributed by atoms with Gasteiger partial charge in [0.25, 0.3) is 0 Å². The van der Waals surface area contributed by atoms with Gasteiger partial charge in [0.15, 0.2) is 0 Å². The van der Waals surface area contributed by atoms with Gasteiger partial charge in [0, 0.05) is 10.7 Å². The Bertz CT molecular complexity index is 402. The van der Waals surface area contributed by atoms with Gasteiger partial charge in [0.1, 0.15) is 0 Å². The van der Waals surface area contributed by atoms with E-state index in [0.29, 0.717) is 5.69 Å². The van der Waals surface area contributed by atoms with Crippen LogP contribution in [0.3, 0.4) is 0 Å². The van der Waals surface area contributed by atoms with Gasteiger partial charge in [0.05, 0.1) is 18.0 Å². The number of nitrogens with zero attached hydrogens (tertiary/aromatic N) is 1. The molecule has 0 fully saturated rings. The van der Waals surface area contributed by atoms with Crippen molar-refractivity contribution >= 4 is 26.0 Å². The number of pyridine rings is 1. The molecule has 14 heavy (non-hydrogen) atoms. The van der Waals surface area contributed by atoms with Crippen LogP contribution < -0.4 is 4.72 Å². The van der Waals surface area contributed by atoms with E-state index in [1.54, 1.807) is 19.2 Å². The van der Waals surface area contributed by atoms with E-state index in [0.717, 1.165) is 10.7 Å². The summed E-state index contributed by atoms with van der Waals surface area (Å²) >= 11 is 3.25. The Morgan fingerprint density at radius 1 is 1.50 bits per heavy atom. The smallest absolute Gasteiger partial charge is 0.209 e. The van der Waals surface area contributed by atoms with Crippen molar-refractivity contribution in [2.24, 2.45) is 0 Å². The van der Waals surface area contributed by atoms with Crippen molar-refractivity contribution < 1.29 is 8.42 Å². The standard InChI is InChI=1S/C8H11BrN2O2S/c1-6(11-14(2,12)13)8-4-3-7(9)5-10-8/h3-6,11H,1-2H3/t6-/m0/s1. The highest BCUT2D eigenvalue weighted by Crippen LogP contribution is 2.13. The number of hydrogen-bond acceptors (Lipinski definition) is 3. The molecule has 0 aliphatic carbocycles. The largest absolute Gasteiger partial charge is 0.258 e. The summed E-state index contributed by atoms with van der Waals surface area (Å²) in [6.45, 7) is 1.75. The first-order valence-corrected chi connectivity index (χ1v) is 6.65. The maximum atomic E-state index is 10.9. The van der Waals surface area contributed by atoms with Crippen molar-refractivity contribution in [2.75, 3.05) is 6.26 Å². The third-order valence-electron chi connectivity index (χ3n) is 1.58. The summed E-state index contributed by atoms with van der Waals surface area (Å²) in [5.41, 5.74) is 0.693. The Hall–Kier alpha value is -0.460. The molecule has 0 unspecified atom stereocenters. The van der Waals surface area contributed by atoms with Crippen LogP contribution >= 0.6 is 15.9 Å². The molecule has 6 heteroatoms. The Kier molecular flexibility index (Phi) is 3.63. The SMILES string of the molecule is C[C@H](NS(C)(=O)=O)c1ccc(Br)cn1. The molecular weight excluding hydrogens is 268 g/mol. The minimum absolute atomic E-state index is 0.307. The Balaban J connectivity index is 2.80. The summed E-state index contributed by atoms with van der Waals surface area (Å²) in [4.78, 5) is 4.09. The first-order valence-electron chi connectivity index (χ1n) is 3.97. The van der Waals surface area contributed by atoms with Crippen LogP contribution in [0.25, 0.3) is 0 Å². The van der Waals surface area contributed by atoms with Crippen molar-refractivity contribution in [3.05, 3.63) is 28.5 Å². The van der Waals surface area contributed by atoms with Crippen molar-refractivity contribution in [1.29, 1.82) is 0 Å². The average Bonchev–Trinajstić information content (AvgIpc) is 2.02. The van der Waals surface area contributed by atoms with Gasteiger partial charge in [-0.3, -0.25) is 4.98 Å². The fourth-order valence-corrected chi connectivity index (χ4v) is 2.02. The highest BCUT2D eigenvalue weighted by Gasteiger charge is 2.11. The molecule has 0 radical (unpaired) electrons. The highest BCUT2D eigenvalue weighted by molar-refractivity contribution is 9.10. The van der Waals surface area contributed by atoms with Crippen molar-refractivity contribution in [2.45, 2.75) is 13.0 Å². The second-order valence-electron chi connectivity index (χ2n) is 3.01. The predicted molar refractivity (Wildman–Crippen MR) is 58.3 cm³/mol. The van der Waals surface area contributed by atoms with Crippen LogP contribution in [-0.2, 0) is 10.0 Å². The minimum atomic E-state index is -3.18. The molecule has 0 aliphatic rings. The van der Waals surface area contributed by atoms with E-state index in [4.69, 9.17) is 0 Å². The molecule has 0 saturated heterocycles. The number of rotatable bonds is 3. The average molecular weight is 279 g/mol. The predicted octanol–water partition coefficient (Wildman–Crippen LogP) is 1.45. The molecule has 0 spiro atoms. The zero-order chi connectivity index (χ0) is 10.8. The number of aromatic nitrogens is 1. The molecule has 1 atom stereocenters. The molecule has 1 aromatic heterocycles. The summed E-state index contributed by atoms with van der Waals surface area (Å²) in [5, 5.41) is 0. The van der Waals surface area contributed by atoms with E-state index < -0.39 is 10.0 Å². The maximum Gasteiger partial charge on any atom is 0.209 e. The fourth-order valence-electron chi connectivity index (χ4n) is 1.02. The van der Waals surface area contributed by atoms with Gasteiger partial charge in [-0.1, -0.05) is 0 Å². The van der Waals surface area contributed by atoms with Gasteiger partial charge < -0.3 is 0 Å². The lowest BCUT2D eigenvalue weighted by molar-refractivity contribution is 0.570. The highest BCUT2D eigenvalue weighted by atomic mass is 79.9. The third-order valence-corrected chi connectivity index (χ3v) is 2.84. The molecule has 0 amide bonds. The van der Waals surface area contributed by atoms with Crippen LogP contribution in [-0.4, -0.2) is 19.7 Å². The van der Waals surface area contributed by atoms with Gasteiger partial charge in [-0.2, -0.15) is 0 Å². The van der Waals surface area contributed by atoms with Crippen LogP contribution in [0.5, 0.6) is 0 Å². The molecule has 1 rings (SSSR count). The van der Waals surface area contributed by atoms with Crippen LogP contribution in [0.1, 0.15) is 18.7 Å². The molecule has 1 aromatic rings. The van der Waals surface area contributed by atoms with Gasteiger partial charge in [-0.25, -0.2) is 13.1 Å². The van der Waals surface area contributed by atoms with Gasteiger partial charge in [-0.15, -0.1) is 0 Å². The number of halogens is 1. The molecule has 78 valence electrons. The normalized spacial score (nSPS) is 13.9. The fraction of sp³-hybridized carbons (Fsp3) is 0.375. The van der Waals surface area contributed by atoms with E-state index >= 15 is 0 Å². The molecule has 1 N–H and O–H groups in total. The van der Waals surface area contributed by atoms with E-state index in [-0.39, 0.29) is 6.04 Å². The van der Waals surface area contributed by atoms with Crippen LogP contribution in [0.15, 0.2) is 22.8 Å².